The zero-order valence-corrected chi connectivity index (χ0v) is 9.57. The van der Waals surface area contributed by atoms with Crippen LogP contribution in [0.3, 0.4) is 0 Å². The Morgan fingerprint density at radius 3 is 2.28 bits per heavy atom. The van der Waals surface area contributed by atoms with E-state index in [9.17, 15) is 13.2 Å². The highest BCUT2D eigenvalue weighted by molar-refractivity contribution is 5.75. The fourth-order valence-corrected chi connectivity index (χ4v) is 1.35. The Bertz CT molecular complexity index is 397. The molecule has 1 rings (SSSR count). The van der Waals surface area contributed by atoms with Crippen LogP contribution in [0.15, 0.2) is 29.3 Å². The average molecular weight is 261 g/mol. The van der Waals surface area contributed by atoms with Gasteiger partial charge in [-0.2, -0.15) is 0 Å². The van der Waals surface area contributed by atoms with Crippen molar-refractivity contribution in [1.29, 1.82) is 0 Å². The van der Waals surface area contributed by atoms with Crippen LogP contribution >= 0.6 is 0 Å². The van der Waals surface area contributed by atoms with Gasteiger partial charge in [-0.25, -0.2) is 0 Å². The van der Waals surface area contributed by atoms with E-state index in [0.29, 0.717) is 13.0 Å². The highest BCUT2D eigenvalue weighted by atomic mass is 19.4. The molecule has 0 saturated heterocycles. The molecule has 0 aliphatic rings. The molecule has 4 nitrogen and oxygen atoms in total. The minimum Gasteiger partial charge on any atom is -0.406 e. The number of aryl methyl sites for hydroxylation is 1. The van der Waals surface area contributed by atoms with E-state index in [1.54, 1.807) is 12.1 Å². The van der Waals surface area contributed by atoms with Gasteiger partial charge >= 0.3 is 6.36 Å². The number of halogens is 3. The van der Waals surface area contributed by atoms with Crippen molar-refractivity contribution in [3.05, 3.63) is 29.8 Å². The molecular formula is C11H14F3N3O. The van der Waals surface area contributed by atoms with Gasteiger partial charge in [-0.1, -0.05) is 12.1 Å². The lowest BCUT2D eigenvalue weighted by molar-refractivity contribution is -0.274. The first-order valence-corrected chi connectivity index (χ1v) is 5.27. The van der Waals surface area contributed by atoms with E-state index in [0.717, 1.165) is 12.0 Å². The molecule has 0 radical (unpaired) electrons. The summed E-state index contributed by atoms with van der Waals surface area (Å²) in [5, 5.41) is 0. The summed E-state index contributed by atoms with van der Waals surface area (Å²) >= 11 is 0. The molecule has 0 spiro atoms. The largest absolute Gasteiger partial charge is 0.573 e. The summed E-state index contributed by atoms with van der Waals surface area (Å²) in [6, 6.07) is 5.72. The summed E-state index contributed by atoms with van der Waals surface area (Å²) in [4.78, 5) is 3.80. The summed E-state index contributed by atoms with van der Waals surface area (Å²) in [5.74, 6) is -0.195. The van der Waals surface area contributed by atoms with E-state index < -0.39 is 6.36 Å². The third-order valence-corrected chi connectivity index (χ3v) is 2.07. The number of ether oxygens (including phenoxy) is 1. The molecular weight excluding hydrogens is 247 g/mol. The molecule has 1 aromatic carbocycles. The van der Waals surface area contributed by atoms with Crippen LogP contribution in [-0.2, 0) is 6.42 Å². The van der Waals surface area contributed by atoms with Gasteiger partial charge in [0.1, 0.15) is 5.75 Å². The number of alkyl halides is 3. The number of nitrogens with two attached hydrogens (primary N) is 2. The van der Waals surface area contributed by atoms with Gasteiger partial charge in [0.2, 0.25) is 0 Å². The average Bonchev–Trinajstić information content (AvgIpc) is 2.24. The van der Waals surface area contributed by atoms with E-state index in [2.05, 4.69) is 9.73 Å². The SMILES string of the molecule is NC(N)=NCCCc1ccc(OC(F)(F)F)cc1. The molecule has 0 fully saturated rings. The van der Waals surface area contributed by atoms with Gasteiger partial charge < -0.3 is 16.2 Å². The molecule has 0 unspecified atom stereocenters. The van der Waals surface area contributed by atoms with Crippen LogP contribution in [0.5, 0.6) is 5.75 Å². The lowest BCUT2D eigenvalue weighted by atomic mass is 10.1. The van der Waals surface area contributed by atoms with Crippen LogP contribution in [0.2, 0.25) is 0 Å². The quantitative estimate of drug-likeness (QED) is 0.482. The molecule has 0 aliphatic heterocycles. The molecule has 100 valence electrons. The highest BCUT2D eigenvalue weighted by Gasteiger charge is 2.30. The van der Waals surface area contributed by atoms with Crippen molar-refractivity contribution in [2.75, 3.05) is 6.54 Å². The minimum absolute atomic E-state index is 0.0314. The molecule has 7 heteroatoms. The van der Waals surface area contributed by atoms with Crippen molar-refractivity contribution in [2.45, 2.75) is 19.2 Å². The number of nitrogens with zero attached hydrogens (tertiary/aromatic N) is 1. The predicted molar refractivity (Wildman–Crippen MR) is 62.1 cm³/mol. The second-order valence-corrected chi connectivity index (χ2v) is 3.60. The Hall–Kier alpha value is -1.92. The summed E-state index contributed by atoms with van der Waals surface area (Å²) in [6.07, 6.45) is -3.25. The molecule has 18 heavy (non-hydrogen) atoms. The second kappa shape index (κ2) is 6.13. The minimum atomic E-state index is -4.66. The van der Waals surface area contributed by atoms with Gasteiger partial charge in [0, 0.05) is 6.54 Å². The van der Waals surface area contributed by atoms with Crippen LogP contribution in [0.1, 0.15) is 12.0 Å². The smallest absolute Gasteiger partial charge is 0.406 e. The van der Waals surface area contributed by atoms with Crippen LogP contribution < -0.4 is 16.2 Å². The standard InChI is InChI=1S/C11H14F3N3O/c12-11(13,14)18-9-5-3-8(4-6-9)2-1-7-17-10(15)16/h3-6H,1-2,7H2,(H4,15,16,17). The lowest BCUT2D eigenvalue weighted by Crippen LogP contribution is -2.23. The van der Waals surface area contributed by atoms with Crippen LogP contribution in [-0.4, -0.2) is 18.9 Å². The van der Waals surface area contributed by atoms with E-state index in [1.807, 2.05) is 0 Å². The van der Waals surface area contributed by atoms with E-state index in [-0.39, 0.29) is 11.7 Å². The van der Waals surface area contributed by atoms with Crippen molar-refractivity contribution in [3.63, 3.8) is 0 Å². The van der Waals surface area contributed by atoms with Crippen molar-refractivity contribution >= 4 is 5.96 Å². The van der Waals surface area contributed by atoms with Crippen molar-refractivity contribution in [1.82, 2.24) is 0 Å². The Morgan fingerprint density at radius 2 is 1.78 bits per heavy atom. The van der Waals surface area contributed by atoms with Gasteiger partial charge in [-0.05, 0) is 30.5 Å². The van der Waals surface area contributed by atoms with E-state index in [1.165, 1.54) is 12.1 Å². The Labute approximate surface area is 102 Å². The third kappa shape index (κ3) is 5.97. The Balaban J connectivity index is 2.43. The maximum atomic E-state index is 11.9. The van der Waals surface area contributed by atoms with Gasteiger partial charge in [-0.15, -0.1) is 13.2 Å². The van der Waals surface area contributed by atoms with E-state index >= 15 is 0 Å². The first-order valence-electron chi connectivity index (χ1n) is 5.27. The molecule has 1 aromatic rings. The number of rotatable bonds is 5. The molecule has 4 N–H and O–H groups in total. The van der Waals surface area contributed by atoms with Gasteiger partial charge in [-0.3, -0.25) is 4.99 Å². The van der Waals surface area contributed by atoms with Crippen LogP contribution in [0.4, 0.5) is 13.2 Å². The van der Waals surface area contributed by atoms with E-state index in [4.69, 9.17) is 11.5 Å². The lowest BCUT2D eigenvalue weighted by Gasteiger charge is -2.09. The Kier molecular flexibility index (Phi) is 4.82. The third-order valence-electron chi connectivity index (χ3n) is 2.07. The molecule has 0 atom stereocenters. The maximum Gasteiger partial charge on any atom is 0.573 e. The van der Waals surface area contributed by atoms with Crippen molar-refractivity contribution < 1.29 is 17.9 Å². The monoisotopic (exact) mass is 261 g/mol. The number of hydrogen-bond donors (Lipinski definition) is 2. The summed E-state index contributed by atoms with van der Waals surface area (Å²) in [5.41, 5.74) is 11.2. The summed E-state index contributed by atoms with van der Waals surface area (Å²) in [6.45, 7) is 0.489. The normalized spacial score (nSPS) is 11.1. The second-order valence-electron chi connectivity index (χ2n) is 3.60. The molecule has 0 bridgehead atoms. The van der Waals surface area contributed by atoms with Crippen molar-refractivity contribution in [3.8, 4) is 5.75 Å². The summed E-state index contributed by atoms with van der Waals surface area (Å²) < 4.78 is 39.5. The number of hydrogen-bond acceptors (Lipinski definition) is 2. The molecule has 0 aliphatic carbocycles. The molecule has 0 heterocycles. The first-order chi connectivity index (χ1) is 8.37. The first kappa shape index (κ1) is 14.1. The fourth-order valence-electron chi connectivity index (χ4n) is 1.35. The fraction of sp³-hybridized carbons (Fsp3) is 0.364. The Morgan fingerprint density at radius 1 is 1.17 bits per heavy atom. The maximum absolute atomic E-state index is 11.9. The topological polar surface area (TPSA) is 73.6 Å². The van der Waals surface area contributed by atoms with Crippen LogP contribution in [0.25, 0.3) is 0 Å². The van der Waals surface area contributed by atoms with Crippen LogP contribution in [0, 0.1) is 0 Å². The van der Waals surface area contributed by atoms with Gasteiger partial charge in [0.25, 0.3) is 0 Å². The predicted octanol–water partition coefficient (Wildman–Crippen LogP) is 1.79. The molecule has 0 amide bonds. The number of benzene rings is 1. The zero-order chi connectivity index (χ0) is 13.6. The number of guanidine groups is 1. The van der Waals surface area contributed by atoms with Crippen molar-refractivity contribution in [2.24, 2.45) is 16.5 Å². The molecule has 0 aromatic heterocycles. The van der Waals surface area contributed by atoms with Gasteiger partial charge in [0.15, 0.2) is 5.96 Å². The number of aliphatic imine (C=N–C) groups is 1. The summed E-state index contributed by atoms with van der Waals surface area (Å²) in [7, 11) is 0. The zero-order valence-electron chi connectivity index (χ0n) is 9.57. The highest BCUT2D eigenvalue weighted by Crippen LogP contribution is 2.22. The van der Waals surface area contributed by atoms with Gasteiger partial charge in [0.05, 0.1) is 0 Å². The molecule has 0 saturated carbocycles.